The Balaban J connectivity index is 1.42. The minimum atomic E-state index is -0.260. The van der Waals surface area contributed by atoms with Gasteiger partial charge >= 0.3 is 0 Å². The minimum absolute atomic E-state index is 0.0242. The van der Waals surface area contributed by atoms with Crippen LogP contribution in [0.25, 0.3) is 38.8 Å². The highest BCUT2D eigenvalue weighted by Gasteiger charge is 2.38. The van der Waals surface area contributed by atoms with Gasteiger partial charge in [0.15, 0.2) is 0 Å². The van der Waals surface area contributed by atoms with Gasteiger partial charge in [0.25, 0.3) is 0 Å². The van der Waals surface area contributed by atoms with Crippen LogP contribution < -0.4 is 4.74 Å². The van der Waals surface area contributed by atoms with Crippen molar-refractivity contribution in [2.75, 3.05) is 6.61 Å². The predicted octanol–water partition coefficient (Wildman–Crippen LogP) is 13.4. The Morgan fingerprint density at radius 3 is 2.05 bits per heavy atom. The first kappa shape index (κ1) is 38.4. The first-order valence-electron chi connectivity index (χ1n) is 20.1. The van der Waals surface area contributed by atoms with Crippen molar-refractivity contribution in [2.45, 2.75) is 119 Å². The standard InChI is InChI=1S/C50H59N3O2/c1-14-36(15-2)50(13)29-54-47(52-50)35-22-34(44-32(5)20-30(3)21-33(44)6)23-40(24-35)55-41-26-38(49(10,11)12)25-39(28-41)53-43-17-16-37(48(7,8)9)27-42(43)45-31(4)18-19-51-46(45)53/h16-28,36H,14-15,29H2,1-13H3/t50-/m0/s1. The van der Waals surface area contributed by atoms with Crippen molar-refractivity contribution < 1.29 is 9.47 Å². The van der Waals surface area contributed by atoms with Crippen molar-refractivity contribution in [1.29, 1.82) is 0 Å². The fourth-order valence-electron chi connectivity index (χ4n) is 8.76. The van der Waals surface area contributed by atoms with Gasteiger partial charge in [-0.25, -0.2) is 9.98 Å². The maximum Gasteiger partial charge on any atom is 0.216 e. The number of rotatable bonds is 8. The molecule has 1 atom stereocenters. The van der Waals surface area contributed by atoms with E-state index < -0.39 is 0 Å². The molecular weight excluding hydrogens is 675 g/mol. The smallest absolute Gasteiger partial charge is 0.216 e. The number of nitrogens with zero attached hydrogens (tertiary/aromatic N) is 3. The zero-order valence-electron chi connectivity index (χ0n) is 35.4. The summed E-state index contributed by atoms with van der Waals surface area (Å²) in [6, 6.07) is 26.7. The summed E-state index contributed by atoms with van der Waals surface area (Å²) in [5.74, 6) is 2.66. The molecule has 6 aromatic rings. The molecule has 0 aliphatic carbocycles. The van der Waals surface area contributed by atoms with E-state index in [9.17, 15) is 0 Å². The Morgan fingerprint density at radius 1 is 0.745 bits per heavy atom. The number of benzene rings is 4. The highest BCUT2D eigenvalue weighted by molar-refractivity contribution is 6.09. The number of ether oxygens (including phenoxy) is 2. The van der Waals surface area contributed by atoms with E-state index >= 15 is 0 Å². The fourth-order valence-corrected chi connectivity index (χ4v) is 8.76. The van der Waals surface area contributed by atoms with Crippen molar-refractivity contribution >= 4 is 27.8 Å². The summed E-state index contributed by atoms with van der Waals surface area (Å²) in [6.07, 6.45) is 4.05. The molecule has 1 aliphatic rings. The molecule has 4 aromatic carbocycles. The Bertz CT molecular complexity index is 2440. The van der Waals surface area contributed by atoms with Gasteiger partial charge in [0.1, 0.15) is 23.8 Å². The number of pyridine rings is 1. The average Bonchev–Trinajstić information content (AvgIpc) is 3.66. The first-order chi connectivity index (χ1) is 25.9. The topological polar surface area (TPSA) is 48.6 Å². The van der Waals surface area contributed by atoms with Gasteiger partial charge in [0, 0.05) is 28.6 Å². The summed E-state index contributed by atoms with van der Waals surface area (Å²) in [5, 5.41) is 2.40. The molecule has 0 saturated heterocycles. The van der Waals surface area contributed by atoms with Gasteiger partial charge in [-0.15, -0.1) is 0 Å². The monoisotopic (exact) mass is 733 g/mol. The number of aromatic nitrogens is 2. The molecule has 5 nitrogen and oxygen atoms in total. The minimum Gasteiger partial charge on any atom is -0.475 e. The molecule has 3 heterocycles. The summed E-state index contributed by atoms with van der Waals surface area (Å²) in [5.41, 5.74) is 13.4. The van der Waals surface area contributed by atoms with Crippen LogP contribution >= 0.6 is 0 Å². The highest BCUT2D eigenvalue weighted by atomic mass is 16.5. The van der Waals surface area contributed by atoms with Gasteiger partial charge in [-0.05, 0) is 139 Å². The lowest BCUT2D eigenvalue weighted by atomic mass is 9.83. The van der Waals surface area contributed by atoms with Gasteiger partial charge in [-0.1, -0.05) is 92.0 Å². The van der Waals surface area contributed by atoms with Gasteiger partial charge in [-0.3, -0.25) is 4.57 Å². The van der Waals surface area contributed by atoms with E-state index in [1.54, 1.807) is 0 Å². The van der Waals surface area contributed by atoms with Crippen LogP contribution in [0.4, 0.5) is 0 Å². The Morgan fingerprint density at radius 2 is 1.40 bits per heavy atom. The van der Waals surface area contributed by atoms with Crippen LogP contribution in [0.2, 0.25) is 0 Å². The lowest BCUT2D eigenvalue weighted by Crippen LogP contribution is -2.33. The van der Waals surface area contributed by atoms with Crippen molar-refractivity contribution in [3.05, 3.63) is 118 Å². The molecule has 0 N–H and O–H groups in total. The van der Waals surface area contributed by atoms with E-state index in [2.05, 4.69) is 167 Å². The van der Waals surface area contributed by atoms with Crippen LogP contribution in [0.1, 0.15) is 114 Å². The van der Waals surface area contributed by atoms with Gasteiger partial charge in [0.2, 0.25) is 5.90 Å². The van der Waals surface area contributed by atoms with Crippen molar-refractivity contribution in [3.63, 3.8) is 0 Å². The molecule has 286 valence electrons. The Hall–Kier alpha value is -4.90. The molecule has 1 aliphatic heterocycles. The summed E-state index contributed by atoms with van der Waals surface area (Å²) in [4.78, 5) is 10.3. The third-order valence-electron chi connectivity index (χ3n) is 11.8. The fraction of sp³-hybridized carbons (Fsp3) is 0.400. The highest BCUT2D eigenvalue weighted by Crippen LogP contribution is 2.41. The summed E-state index contributed by atoms with van der Waals surface area (Å²) >= 11 is 0. The van der Waals surface area contributed by atoms with Gasteiger partial charge in [-0.2, -0.15) is 0 Å². The van der Waals surface area contributed by atoms with Crippen LogP contribution in [0, 0.1) is 33.6 Å². The molecule has 55 heavy (non-hydrogen) atoms. The predicted molar refractivity (Wildman–Crippen MR) is 232 cm³/mol. The van der Waals surface area contributed by atoms with Crippen LogP contribution in [0.3, 0.4) is 0 Å². The number of fused-ring (bicyclic) bond motifs is 3. The number of hydrogen-bond acceptors (Lipinski definition) is 4. The zero-order valence-corrected chi connectivity index (χ0v) is 35.4. The van der Waals surface area contributed by atoms with Crippen LogP contribution in [-0.2, 0) is 15.6 Å². The molecule has 0 spiro atoms. The van der Waals surface area contributed by atoms with Gasteiger partial charge in [0.05, 0.1) is 16.7 Å². The molecule has 0 saturated carbocycles. The quantitative estimate of drug-likeness (QED) is 0.156. The van der Waals surface area contributed by atoms with E-state index in [1.807, 2.05) is 6.20 Å². The van der Waals surface area contributed by atoms with Crippen molar-refractivity contribution in [1.82, 2.24) is 9.55 Å². The lowest BCUT2D eigenvalue weighted by Gasteiger charge is -2.27. The molecule has 0 amide bonds. The maximum absolute atomic E-state index is 7.03. The van der Waals surface area contributed by atoms with Crippen LogP contribution in [-0.4, -0.2) is 27.6 Å². The lowest BCUT2D eigenvalue weighted by molar-refractivity contribution is 0.197. The normalized spacial score (nSPS) is 16.3. The summed E-state index contributed by atoms with van der Waals surface area (Å²) in [6.45, 7) is 29.6. The number of aryl methyl sites for hydroxylation is 4. The maximum atomic E-state index is 7.03. The number of hydrogen-bond donors (Lipinski definition) is 0. The molecule has 7 rings (SSSR count). The van der Waals surface area contributed by atoms with Crippen molar-refractivity contribution in [3.8, 4) is 28.3 Å². The molecule has 5 heteroatoms. The molecule has 0 radical (unpaired) electrons. The van der Waals surface area contributed by atoms with E-state index in [0.29, 0.717) is 18.4 Å². The van der Waals surface area contributed by atoms with E-state index in [1.165, 1.54) is 49.7 Å². The van der Waals surface area contributed by atoms with Crippen LogP contribution in [0.15, 0.2) is 84.0 Å². The third-order valence-corrected chi connectivity index (χ3v) is 11.8. The Labute approximate surface area is 328 Å². The summed E-state index contributed by atoms with van der Waals surface area (Å²) < 4.78 is 15.8. The van der Waals surface area contributed by atoms with E-state index in [-0.39, 0.29) is 16.4 Å². The zero-order chi connectivity index (χ0) is 39.6. The molecule has 0 bridgehead atoms. The Kier molecular flexibility index (Phi) is 9.76. The molecule has 0 unspecified atom stereocenters. The summed E-state index contributed by atoms with van der Waals surface area (Å²) in [7, 11) is 0. The first-order valence-corrected chi connectivity index (χ1v) is 20.1. The third kappa shape index (κ3) is 7.19. The average molecular weight is 734 g/mol. The van der Waals surface area contributed by atoms with Crippen LogP contribution in [0.5, 0.6) is 11.5 Å². The second-order valence-corrected chi connectivity index (χ2v) is 18.3. The SMILES string of the molecule is CCC(CC)[C@]1(C)COC(c2cc(Oc3cc(-n4c5ccc(C(C)(C)C)cc5c5c(C)ccnc54)cc(C(C)(C)C)c3)cc(-c3c(C)cc(C)cc3C)c2)=N1. The second-order valence-electron chi connectivity index (χ2n) is 18.3. The molecular formula is C50H59N3O2. The van der Waals surface area contributed by atoms with Crippen molar-refractivity contribution in [2.24, 2.45) is 10.9 Å². The van der Waals surface area contributed by atoms with E-state index in [0.717, 1.165) is 52.3 Å². The second kappa shape index (κ2) is 14.0. The van der Waals surface area contributed by atoms with E-state index in [4.69, 9.17) is 19.5 Å². The molecule has 0 fully saturated rings. The largest absolute Gasteiger partial charge is 0.475 e. The molecule has 2 aromatic heterocycles. The van der Waals surface area contributed by atoms with Gasteiger partial charge < -0.3 is 9.47 Å². The number of aliphatic imine (C=N–C) groups is 1.